The van der Waals surface area contributed by atoms with Crippen LogP contribution in [0.3, 0.4) is 0 Å². The summed E-state index contributed by atoms with van der Waals surface area (Å²) in [5.41, 5.74) is 2.00. The number of anilines is 1. The average Bonchev–Trinajstić information content (AvgIpc) is 3.33. The fourth-order valence-corrected chi connectivity index (χ4v) is 3.78. The van der Waals surface area contributed by atoms with Gasteiger partial charge < -0.3 is 10.1 Å². The van der Waals surface area contributed by atoms with E-state index in [0.717, 1.165) is 30.0 Å². The molecule has 1 aliphatic carbocycles. The fourth-order valence-electron chi connectivity index (χ4n) is 3.78. The molecule has 1 N–H and O–H groups in total. The SMILES string of the molecule is Cc1cc(NC(=O)C(C)Oc2ccc3c(c2)CCC3)n(-c2ccccc2C(F)(F)F)n1. The van der Waals surface area contributed by atoms with Gasteiger partial charge in [-0.25, -0.2) is 4.68 Å². The zero-order valence-electron chi connectivity index (χ0n) is 17.2. The number of nitrogens with one attached hydrogen (secondary N) is 1. The van der Waals surface area contributed by atoms with Crippen molar-refractivity contribution in [3.8, 4) is 11.4 Å². The number of carbonyl (C=O) groups excluding carboxylic acids is 1. The number of aryl methyl sites for hydroxylation is 3. The summed E-state index contributed by atoms with van der Waals surface area (Å²) in [4.78, 5) is 12.7. The molecule has 1 aromatic heterocycles. The van der Waals surface area contributed by atoms with Crippen LogP contribution in [0.1, 0.15) is 35.7 Å². The number of fused-ring (bicyclic) bond motifs is 1. The number of rotatable bonds is 5. The Bertz CT molecular complexity index is 1120. The molecule has 0 saturated carbocycles. The van der Waals surface area contributed by atoms with Crippen molar-refractivity contribution in [1.82, 2.24) is 9.78 Å². The third-order valence-corrected chi connectivity index (χ3v) is 5.27. The molecule has 1 aliphatic rings. The number of halogens is 3. The number of aromatic nitrogens is 2. The maximum Gasteiger partial charge on any atom is 0.418 e. The molecule has 0 radical (unpaired) electrons. The van der Waals surface area contributed by atoms with Crippen molar-refractivity contribution < 1.29 is 22.7 Å². The standard InChI is InChI=1S/C23H22F3N3O2/c1-14-12-21(29(28-14)20-9-4-3-8-19(20)23(24,25)26)27-22(30)15(2)31-18-11-10-16-6-5-7-17(16)13-18/h3-4,8-13,15H,5-7H2,1-2H3,(H,27,30). The number of ether oxygens (including phenoxy) is 1. The number of benzene rings is 2. The van der Waals surface area contributed by atoms with Crippen molar-refractivity contribution in [3.05, 3.63) is 70.9 Å². The van der Waals surface area contributed by atoms with Gasteiger partial charge in [0.2, 0.25) is 0 Å². The minimum Gasteiger partial charge on any atom is -0.481 e. The molecule has 0 fully saturated rings. The molecular formula is C23H22F3N3O2. The predicted molar refractivity (Wildman–Crippen MR) is 110 cm³/mol. The number of carbonyl (C=O) groups is 1. The molecule has 1 atom stereocenters. The molecule has 1 amide bonds. The molecule has 3 aromatic rings. The maximum atomic E-state index is 13.5. The highest BCUT2D eigenvalue weighted by atomic mass is 19.4. The summed E-state index contributed by atoms with van der Waals surface area (Å²) >= 11 is 0. The second kappa shape index (κ2) is 8.09. The fraction of sp³-hybridized carbons (Fsp3) is 0.304. The van der Waals surface area contributed by atoms with E-state index in [9.17, 15) is 18.0 Å². The first-order valence-corrected chi connectivity index (χ1v) is 10.0. The van der Waals surface area contributed by atoms with E-state index in [0.29, 0.717) is 11.4 Å². The molecule has 1 unspecified atom stereocenters. The molecule has 0 saturated heterocycles. The molecular weight excluding hydrogens is 407 g/mol. The minimum absolute atomic E-state index is 0.142. The number of nitrogens with zero attached hydrogens (tertiary/aromatic N) is 2. The lowest BCUT2D eigenvalue weighted by Gasteiger charge is -2.17. The van der Waals surface area contributed by atoms with E-state index in [1.54, 1.807) is 13.8 Å². The first kappa shape index (κ1) is 21.0. The molecule has 0 bridgehead atoms. The van der Waals surface area contributed by atoms with E-state index >= 15 is 0 Å². The van der Waals surface area contributed by atoms with Crippen LogP contribution >= 0.6 is 0 Å². The zero-order chi connectivity index (χ0) is 22.2. The van der Waals surface area contributed by atoms with Gasteiger partial charge in [0.1, 0.15) is 11.6 Å². The molecule has 1 heterocycles. The van der Waals surface area contributed by atoms with Gasteiger partial charge >= 0.3 is 6.18 Å². The quantitative estimate of drug-likeness (QED) is 0.614. The van der Waals surface area contributed by atoms with E-state index in [1.165, 1.54) is 35.4 Å². The highest BCUT2D eigenvalue weighted by Gasteiger charge is 2.34. The smallest absolute Gasteiger partial charge is 0.418 e. The van der Waals surface area contributed by atoms with Crippen LogP contribution in [0, 0.1) is 6.92 Å². The maximum absolute atomic E-state index is 13.5. The van der Waals surface area contributed by atoms with E-state index in [-0.39, 0.29) is 11.5 Å². The minimum atomic E-state index is -4.55. The number of hydrogen-bond donors (Lipinski definition) is 1. The number of hydrogen-bond acceptors (Lipinski definition) is 3. The third-order valence-electron chi connectivity index (χ3n) is 5.27. The van der Waals surface area contributed by atoms with E-state index in [1.807, 2.05) is 18.2 Å². The van der Waals surface area contributed by atoms with Gasteiger partial charge in [-0.05, 0) is 68.5 Å². The van der Waals surface area contributed by atoms with Crippen LogP contribution in [0.25, 0.3) is 5.69 Å². The van der Waals surface area contributed by atoms with Crippen LogP contribution < -0.4 is 10.1 Å². The molecule has 8 heteroatoms. The van der Waals surface area contributed by atoms with Gasteiger partial charge in [0.25, 0.3) is 5.91 Å². The summed E-state index contributed by atoms with van der Waals surface area (Å²) in [6, 6.07) is 12.4. The Labute approximate surface area is 177 Å². The van der Waals surface area contributed by atoms with Crippen LogP contribution in [-0.4, -0.2) is 21.8 Å². The highest BCUT2D eigenvalue weighted by Crippen LogP contribution is 2.34. The zero-order valence-corrected chi connectivity index (χ0v) is 17.2. The largest absolute Gasteiger partial charge is 0.481 e. The second-order valence-corrected chi connectivity index (χ2v) is 7.63. The summed E-state index contributed by atoms with van der Waals surface area (Å²) in [6.45, 7) is 3.24. The number of amides is 1. The van der Waals surface area contributed by atoms with E-state index in [4.69, 9.17) is 4.74 Å². The van der Waals surface area contributed by atoms with E-state index in [2.05, 4.69) is 10.4 Å². The average molecular weight is 429 g/mol. The Balaban J connectivity index is 1.55. The summed E-state index contributed by atoms with van der Waals surface area (Å²) in [7, 11) is 0. The van der Waals surface area contributed by atoms with Gasteiger partial charge in [-0.15, -0.1) is 0 Å². The lowest BCUT2D eigenvalue weighted by molar-refractivity contribution is -0.137. The van der Waals surface area contributed by atoms with Crippen LogP contribution in [0.2, 0.25) is 0 Å². The van der Waals surface area contributed by atoms with Crippen LogP contribution in [0.5, 0.6) is 5.75 Å². The van der Waals surface area contributed by atoms with Crippen molar-refractivity contribution >= 4 is 11.7 Å². The van der Waals surface area contributed by atoms with Crippen LogP contribution in [0.4, 0.5) is 19.0 Å². The Morgan fingerprint density at radius 2 is 1.87 bits per heavy atom. The van der Waals surface area contributed by atoms with E-state index < -0.39 is 23.8 Å². The second-order valence-electron chi connectivity index (χ2n) is 7.63. The van der Waals surface area contributed by atoms with Crippen LogP contribution in [-0.2, 0) is 23.8 Å². The summed E-state index contributed by atoms with van der Waals surface area (Å²) < 4.78 is 47.2. The first-order valence-electron chi connectivity index (χ1n) is 10.0. The topological polar surface area (TPSA) is 56.1 Å². The summed E-state index contributed by atoms with van der Waals surface area (Å²) in [5, 5.41) is 6.80. The van der Waals surface area contributed by atoms with Crippen molar-refractivity contribution in [3.63, 3.8) is 0 Å². The third kappa shape index (κ3) is 4.42. The first-order chi connectivity index (χ1) is 14.7. The lowest BCUT2D eigenvalue weighted by Crippen LogP contribution is -2.31. The van der Waals surface area contributed by atoms with Crippen molar-refractivity contribution in [2.45, 2.75) is 45.4 Å². The predicted octanol–water partition coefficient (Wildman–Crippen LogP) is 5.09. The van der Waals surface area contributed by atoms with Crippen molar-refractivity contribution in [1.29, 1.82) is 0 Å². The molecule has 2 aromatic carbocycles. The van der Waals surface area contributed by atoms with Crippen molar-refractivity contribution in [2.75, 3.05) is 5.32 Å². The van der Waals surface area contributed by atoms with Gasteiger partial charge in [0.05, 0.1) is 16.9 Å². The highest BCUT2D eigenvalue weighted by molar-refractivity contribution is 5.93. The van der Waals surface area contributed by atoms with Crippen molar-refractivity contribution in [2.24, 2.45) is 0 Å². The van der Waals surface area contributed by atoms with Gasteiger partial charge in [0, 0.05) is 6.07 Å². The Morgan fingerprint density at radius 1 is 1.13 bits per heavy atom. The summed E-state index contributed by atoms with van der Waals surface area (Å²) in [5.74, 6) is 0.255. The molecule has 0 spiro atoms. The monoisotopic (exact) mass is 429 g/mol. The van der Waals surface area contributed by atoms with Gasteiger partial charge in [0.15, 0.2) is 6.10 Å². The Kier molecular flexibility index (Phi) is 5.47. The molecule has 0 aliphatic heterocycles. The Hall–Kier alpha value is -3.29. The Morgan fingerprint density at radius 3 is 2.65 bits per heavy atom. The molecule has 4 rings (SSSR count). The summed E-state index contributed by atoms with van der Waals surface area (Å²) in [6.07, 6.45) is -2.25. The molecule has 5 nitrogen and oxygen atoms in total. The van der Waals surface area contributed by atoms with Gasteiger partial charge in [-0.1, -0.05) is 18.2 Å². The number of alkyl halides is 3. The number of para-hydroxylation sites is 1. The normalized spacial score (nSPS) is 14.2. The van der Waals surface area contributed by atoms with Gasteiger partial charge in [-0.3, -0.25) is 4.79 Å². The van der Waals surface area contributed by atoms with Gasteiger partial charge in [-0.2, -0.15) is 18.3 Å². The van der Waals surface area contributed by atoms with Crippen LogP contribution in [0.15, 0.2) is 48.5 Å². The molecule has 162 valence electrons. The molecule has 31 heavy (non-hydrogen) atoms. The lowest BCUT2D eigenvalue weighted by atomic mass is 10.1.